The number of carbonyl (C=O) groups is 1. The summed E-state index contributed by atoms with van der Waals surface area (Å²) in [6, 6.07) is 13.8. The minimum Gasteiger partial charge on any atom is -0.488 e. The highest BCUT2D eigenvalue weighted by atomic mass is 32.1. The van der Waals surface area contributed by atoms with Gasteiger partial charge in [0.2, 0.25) is 0 Å². The highest BCUT2D eigenvalue weighted by Crippen LogP contribution is 2.44. The van der Waals surface area contributed by atoms with E-state index in [0.29, 0.717) is 12.6 Å². The molecule has 2 bridgehead atoms. The van der Waals surface area contributed by atoms with Crippen LogP contribution in [0, 0.1) is 24.7 Å². The summed E-state index contributed by atoms with van der Waals surface area (Å²) in [7, 11) is 0. The van der Waals surface area contributed by atoms with Gasteiger partial charge in [-0.3, -0.25) is 9.69 Å². The first-order valence-electron chi connectivity index (χ1n) is 15.1. The zero-order valence-electron chi connectivity index (χ0n) is 23.8. The molecule has 1 saturated carbocycles. The smallest absolute Gasteiger partial charge is 0.307 e. The minimum absolute atomic E-state index is 0.197. The maximum Gasteiger partial charge on any atom is 0.307 e. The molecule has 2 saturated heterocycles. The van der Waals surface area contributed by atoms with Crippen molar-refractivity contribution in [1.82, 2.24) is 9.88 Å². The molecule has 2 aromatic carbocycles. The van der Waals surface area contributed by atoms with Crippen LogP contribution in [0.2, 0.25) is 0 Å². The molecular formula is C33H39N3O4S. The summed E-state index contributed by atoms with van der Waals surface area (Å²) in [5.41, 5.74) is 7.20. The molecule has 3 aliphatic heterocycles. The van der Waals surface area contributed by atoms with Crippen LogP contribution in [-0.4, -0.2) is 59.8 Å². The van der Waals surface area contributed by atoms with E-state index in [1.54, 1.807) is 11.3 Å². The molecule has 7 rings (SSSR count). The van der Waals surface area contributed by atoms with Gasteiger partial charge in [-0.2, -0.15) is 0 Å². The van der Waals surface area contributed by atoms with Crippen molar-refractivity contribution < 1.29 is 19.4 Å². The number of benzene rings is 2. The maximum absolute atomic E-state index is 11.8. The van der Waals surface area contributed by atoms with Crippen LogP contribution in [0.3, 0.4) is 0 Å². The fourth-order valence-electron chi connectivity index (χ4n) is 7.53. The largest absolute Gasteiger partial charge is 0.488 e. The summed E-state index contributed by atoms with van der Waals surface area (Å²) in [4.78, 5) is 21.8. The number of carboxylic acids is 1. The highest BCUT2D eigenvalue weighted by molar-refractivity contribution is 7.14. The van der Waals surface area contributed by atoms with E-state index in [9.17, 15) is 9.90 Å². The number of hydrogen-bond donors (Lipinski definition) is 1. The average molecular weight is 574 g/mol. The first-order chi connectivity index (χ1) is 20.0. The lowest BCUT2D eigenvalue weighted by molar-refractivity contribution is -0.144. The Morgan fingerprint density at radius 1 is 1.07 bits per heavy atom. The summed E-state index contributed by atoms with van der Waals surface area (Å²) < 4.78 is 12.0. The van der Waals surface area contributed by atoms with Crippen LogP contribution in [0.15, 0.2) is 41.8 Å². The number of aryl methyl sites for hydroxylation is 1. The predicted octanol–water partition coefficient (Wildman–Crippen LogP) is 5.78. The molecule has 0 radical (unpaired) electrons. The summed E-state index contributed by atoms with van der Waals surface area (Å²) in [5.74, 6) is 0.461. The zero-order chi connectivity index (χ0) is 27.9. The number of ether oxygens (including phenoxy) is 2. The molecule has 0 unspecified atom stereocenters. The first kappa shape index (κ1) is 26.9. The number of nitrogens with zero attached hydrogens (tertiary/aromatic N) is 3. The fraction of sp³-hybridized carbons (Fsp3) is 0.515. The van der Waals surface area contributed by atoms with Crippen molar-refractivity contribution >= 4 is 22.4 Å². The molecule has 3 aromatic rings. The Morgan fingerprint density at radius 2 is 1.88 bits per heavy atom. The van der Waals surface area contributed by atoms with Gasteiger partial charge in [0.15, 0.2) is 5.13 Å². The molecule has 3 fully saturated rings. The van der Waals surface area contributed by atoms with Gasteiger partial charge >= 0.3 is 5.97 Å². The fourth-order valence-corrected chi connectivity index (χ4v) is 8.37. The molecule has 1 aliphatic carbocycles. The van der Waals surface area contributed by atoms with Crippen molar-refractivity contribution in [3.63, 3.8) is 0 Å². The Labute approximate surface area is 246 Å². The molecule has 4 heterocycles. The molecule has 8 heteroatoms. The van der Waals surface area contributed by atoms with Gasteiger partial charge in [0, 0.05) is 56.4 Å². The SMILES string of the molecule is Cc1ccc(OCc2ccc3c(c2)CCN(C2CCOCC2)C3)c(-c2csc(N3C[C@H]4CC[C@@H](C3)[C@H]4C(=O)O)n2)c1. The van der Waals surface area contributed by atoms with Crippen LogP contribution >= 0.6 is 11.3 Å². The Morgan fingerprint density at radius 3 is 2.66 bits per heavy atom. The molecule has 1 aromatic heterocycles. The Hall–Kier alpha value is -2.94. The van der Waals surface area contributed by atoms with Crippen LogP contribution in [0.5, 0.6) is 5.75 Å². The minimum atomic E-state index is -0.630. The second-order valence-corrected chi connectivity index (χ2v) is 13.2. The number of fused-ring (bicyclic) bond motifs is 3. The Kier molecular flexibility index (Phi) is 7.48. The Balaban J connectivity index is 1.04. The van der Waals surface area contributed by atoms with E-state index >= 15 is 0 Å². The monoisotopic (exact) mass is 573 g/mol. The third-order valence-electron chi connectivity index (χ3n) is 9.71. The number of aliphatic carboxylic acids is 1. The van der Waals surface area contributed by atoms with Crippen LogP contribution in [0.4, 0.5) is 5.13 Å². The van der Waals surface area contributed by atoms with Crippen LogP contribution in [0.1, 0.15) is 47.9 Å². The van der Waals surface area contributed by atoms with E-state index in [1.165, 1.54) is 22.3 Å². The van der Waals surface area contributed by atoms with Gasteiger partial charge in [-0.1, -0.05) is 29.8 Å². The number of thiazole rings is 1. The second-order valence-electron chi connectivity index (χ2n) is 12.3. The van der Waals surface area contributed by atoms with Crippen molar-refractivity contribution in [3.8, 4) is 17.0 Å². The van der Waals surface area contributed by atoms with Gasteiger partial charge in [-0.25, -0.2) is 4.98 Å². The predicted molar refractivity (Wildman–Crippen MR) is 161 cm³/mol. The van der Waals surface area contributed by atoms with Gasteiger partial charge in [0.25, 0.3) is 0 Å². The topological polar surface area (TPSA) is 75.1 Å². The molecule has 216 valence electrons. The Bertz CT molecular complexity index is 1400. The summed E-state index contributed by atoms with van der Waals surface area (Å²) in [5, 5.41) is 12.8. The lowest BCUT2D eigenvalue weighted by Gasteiger charge is -2.37. The van der Waals surface area contributed by atoms with Gasteiger partial charge in [0.1, 0.15) is 12.4 Å². The molecule has 41 heavy (non-hydrogen) atoms. The summed E-state index contributed by atoms with van der Waals surface area (Å²) >= 11 is 1.65. The van der Waals surface area contributed by atoms with Crippen molar-refractivity contribution in [2.45, 2.75) is 58.2 Å². The van der Waals surface area contributed by atoms with E-state index in [2.05, 4.69) is 58.5 Å². The summed E-state index contributed by atoms with van der Waals surface area (Å²) in [6.07, 6.45) is 5.38. The van der Waals surface area contributed by atoms with Crippen LogP contribution in [-0.2, 0) is 29.1 Å². The third kappa shape index (κ3) is 5.49. The zero-order valence-corrected chi connectivity index (χ0v) is 24.6. The highest BCUT2D eigenvalue weighted by Gasteiger charge is 2.46. The lowest BCUT2D eigenvalue weighted by Crippen LogP contribution is -2.44. The van der Waals surface area contributed by atoms with Gasteiger partial charge in [0.05, 0.1) is 11.6 Å². The first-order valence-corrected chi connectivity index (χ1v) is 16.0. The summed E-state index contributed by atoms with van der Waals surface area (Å²) in [6.45, 7) is 8.11. The maximum atomic E-state index is 11.8. The normalized spacial score (nSPS) is 24.8. The van der Waals surface area contributed by atoms with Gasteiger partial charge in [-0.05, 0) is 79.7 Å². The third-order valence-corrected chi connectivity index (χ3v) is 10.6. The molecular weight excluding hydrogens is 534 g/mol. The average Bonchev–Trinajstić information content (AvgIpc) is 3.59. The van der Waals surface area contributed by atoms with Crippen molar-refractivity contribution in [2.24, 2.45) is 17.8 Å². The number of carboxylic acid groups (broad SMARTS) is 1. The van der Waals surface area contributed by atoms with E-state index < -0.39 is 5.97 Å². The number of piperidine rings is 1. The van der Waals surface area contributed by atoms with Crippen molar-refractivity contribution in [1.29, 1.82) is 0 Å². The molecule has 1 N–H and O–H groups in total. The quantitative estimate of drug-likeness (QED) is 0.384. The molecule has 3 atom stereocenters. The number of anilines is 1. The van der Waals surface area contributed by atoms with Gasteiger partial charge in [-0.15, -0.1) is 11.3 Å². The van der Waals surface area contributed by atoms with E-state index in [0.717, 1.165) is 93.6 Å². The van der Waals surface area contributed by atoms with Crippen LogP contribution in [0.25, 0.3) is 11.3 Å². The van der Waals surface area contributed by atoms with Crippen molar-refractivity contribution in [2.75, 3.05) is 37.7 Å². The van der Waals surface area contributed by atoms with E-state index in [1.807, 2.05) is 0 Å². The van der Waals surface area contributed by atoms with E-state index in [-0.39, 0.29) is 17.8 Å². The standard InChI is InChI=1S/C33H39N3O4S/c1-21-2-7-30(40-19-22-3-4-24-16-35(11-8-23(24)15-22)27-9-12-39-13-10-27)28(14-21)29-20-41-33(34-29)36-17-25-5-6-26(18-36)31(25)32(37)38/h2-4,7,14-15,20,25-27,31H,5-6,8-13,16-19H2,1H3,(H,37,38)/t25-,26+,31+. The number of rotatable bonds is 7. The molecule has 7 nitrogen and oxygen atoms in total. The van der Waals surface area contributed by atoms with Crippen LogP contribution < -0.4 is 9.64 Å². The molecule has 4 aliphatic rings. The number of hydrogen-bond acceptors (Lipinski definition) is 7. The van der Waals surface area contributed by atoms with E-state index in [4.69, 9.17) is 14.5 Å². The molecule has 0 amide bonds. The van der Waals surface area contributed by atoms with Gasteiger partial charge < -0.3 is 19.5 Å². The van der Waals surface area contributed by atoms with Crippen molar-refractivity contribution in [3.05, 3.63) is 64.0 Å². The molecule has 0 spiro atoms. The number of aromatic nitrogens is 1. The lowest BCUT2D eigenvalue weighted by atomic mass is 9.85. The second kappa shape index (κ2) is 11.4.